The lowest BCUT2D eigenvalue weighted by molar-refractivity contribution is 0.469. The van der Waals surface area contributed by atoms with E-state index < -0.39 is 28.8 Å². The summed E-state index contributed by atoms with van der Waals surface area (Å²) in [4.78, 5) is 0. The molecule has 1 N–H and O–H groups in total. The molecule has 0 spiro atoms. The van der Waals surface area contributed by atoms with E-state index in [9.17, 15) is 18.3 Å². The van der Waals surface area contributed by atoms with Gasteiger partial charge in [0.15, 0.2) is 0 Å². The van der Waals surface area contributed by atoms with Crippen molar-refractivity contribution in [2.24, 2.45) is 0 Å². The summed E-state index contributed by atoms with van der Waals surface area (Å²) in [6.45, 7) is 1.46. The van der Waals surface area contributed by atoms with Crippen LogP contribution in [0.1, 0.15) is 5.56 Å². The number of aryl methyl sites for hydroxylation is 1. The Balaban J connectivity index is 2.77. The molecular formula is C13H8ClF3O. The fourth-order valence-electron chi connectivity index (χ4n) is 1.64. The molecule has 0 saturated carbocycles. The molecule has 0 saturated heterocycles. The zero-order chi connectivity index (χ0) is 13.4. The Kier molecular flexibility index (Phi) is 3.22. The molecule has 0 aliphatic heterocycles. The van der Waals surface area contributed by atoms with Gasteiger partial charge in [-0.1, -0.05) is 17.7 Å². The lowest BCUT2D eigenvalue weighted by atomic mass is 10.0. The van der Waals surface area contributed by atoms with E-state index in [1.165, 1.54) is 13.0 Å². The first-order valence-electron chi connectivity index (χ1n) is 5.04. The van der Waals surface area contributed by atoms with Gasteiger partial charge in [-0.2, -0.15) is 0 Å². The van der Waals surface area contributed by atoms with E-state index in [2.05, 4.69) is 0 Å². The van der Waals surface area contributed by atoms with Crippen LogP contribution in [-0.4, -0.2) is 5.11 Å². The zero-order valence-corrected chi connectivity index (χ0v) is 10.0. The van der Waals surface area contributed by atoms with E-state index in [1.807, 2.05) is 0 Å². The monoisotopic (exact) mass is 272 g/mol. The van der Waals surface area contributed by atoms with Gasteiger partial charge in [-0.3, -0.25) is 0 Å². The van der Waals surface area contributed by atoms with E-state index in [-0.39, 0.29) is 16.1 Å². The SMILES string of the molecule is Cc1ccc(F)c(-c2cc(Cl)c(F)cc2O)c1F. The number of benzene rings is 2. The van der Waals surface area contributed by atoms with Crippen LogP contribution in [0.25, 0.3) is 11.1 Å². The lowest BCUT2D eigenvalue weighted by Gasteiger charge is -2.10. The summed E-state index contributed by atoms with van der Waals surface area (Å²) in [6, 6.07) is 4.06. The highest BCUT2D eigenvalue weighted by atomic mass is 35.5. The summed E-state index contributed by atoms with van der Waals surface area (Å²) in [5.74, 6) is -3.09. The third-order valence-corrected chi connectivity index (χ3v) is 2.88. The number of hydrogen-bond donors (Lipinski definition) is 1. The molecule has 2 aromatic carbocycles. The van der Waals surface area contributed by atoms with Crippen LogP contribution < -0.4 is 0 Å². The second-order valence-corrected chi connectivity index (χ2v) is 4.24. The average molecular weight is 273 g/mol. The first kappa shape index (κ1) is 12.8. The first-order valence-corrected chi connectivity index (χ1v) is 5.42. The van der Waals surface area contributed by atoms with Crippen LogP contribution in [-0.2, 0) is 0 Å². The second-order valence-electron chi connectivity index (χ2n) is 3.84. The van der Waals surface area contributed by atoms with Crippen molar-refractivity contribution in [1.82, 2.24) is 0 Å². The summed E-state index contributed by atoms with van der Waals surface area (Å²) < 4.78 is 40.6. The molecule has 0 fully saturated rings. The molecule has 0 atom stereocenters. The van der Waals surface area contributed by atoms with Crippen molar-refractivity contribution in [1.29, 1.82) is 0 Å². The van der Waals surface area contributed by atoms with Gasteiger partial charge in [0.2, 0.25) is 0 Å². The molecule has 18 heavy (non-hydrogen) atoms. The van der Waals surface area contributed by atoms with Crippen molar-refractivity contribution in [3.63, 3.8) is 0 Å². The van der Waals surface area contributed by atoms with Crippen LogP contribution in [0.4, 0.5) is 13.2 Å². The standard InChI is InChI=1S/C13H8ClF3O/c1-6-2-3-9(15)12(13(6)17)7-4-8(14)10(16)5-11(7)18/h2-5,18H,1H3. The molecule has 1 nitrogen and oxygen atoms in total. The molecule has 0 unspecified atom stereocenters. The van der Waals surface area contributed by atoms with Crippen LogP contribution in [0.2, 0.25) is 5.02 Å². The largest absolute Gasteiger partial charge is 0.507 e. The molecule has 94 valence electrons. The summed E-state index contributed by atoms with van der Waals surface area (Å²) in [6.07, 6.45) is 0. The van der Waals surface area contributed by atoms with Crippen molar-refractivity contribution in [3.8, 4) is 16.9 Å². The number of rotatable bonds is 1. The highest BCUT2D eigenvalue weighted by Crippen LogP contribution is 2.37. The molecular weight excluding hydrogens is 265 g/mol. The fourth-order valence-corrected chi connectivity index (χ4v) is 1.80. The molecule has 2 aromatic rings. The van der Waals surface area contributed by atoms with Crippen LogP contribution in [0.5, 0.6) is 5.75 Å². The van der Waals surface area contributed by atoms with E-state index in [0.29, 0.717) is 0 Å². The van der Waals surface area contributed by atoms with E-state index >= 15 is 0 Å². The van der Waals surface area contributed by atoms with Gasteiger partial charge in [0.1, 0.15) is 23.2 Å². The minimum atomic E-state index is -0.855. The van der Waals surface area contributed by atoms with Gasteiger partial charge in [0.25, 0.3) is 0 Å². The molecule has 0 amide bonds. The third kappa shape index (κ3) is 2.04. The summed E-state index contributed by atoms with van der Waals surface area (Å²) in [5, 5.41) is 9.26. The summed E-state index contributed by atoms with van der Waals surface area (Å²) >= 11 is 5.55. The molecule has 5 heteroatoms. The second kappa shape index (κ2) is 4.53. The maximum absolute atomic E-state index is 13.9. The molecule has 0 heterocycles. The minimum Gasteiger partial charge on any atom is -0.507 e. The Bertz CT molecular complexity index is 626. The summed E-state index contributed by atoms with van der Waals surface area (Å²) in [5.41, 5.74) is -0.388. The topological polar surface area (TPSA) is 20.2 Å². The lowest BCUT2D eigenvalue weighted by Crippen LogP contribution is -1.94. The summed E-state index contributed by atoms with van der Waals surface area (Å²) in [7, 11) is 0. The Hall–Kier alpha value is -1.68. The average Bonchev–Trinajstić information content (AvgIpc) is 2.31. The zero-order valence-electron chi connectivity index (χ0n) is 9.27. The van der Waals surface area contributed by atoms with Crippen LogP contribution in [0, 0.1) is 24.4 Å². The molecule has 0 aromatic heterocycles. The molecule has 0 aliphatic carbocycles. The van der Waals surface area contributed by atoms with Crippen molar-refractivity contribution in [3.05, 3.63) is 52.3 Å². The van der Waals surface area contributed by atoms with Gasteiger partial charge < -0.3 is 5.11 Å². The van der Waals surface area contributed by atoms with Crippen LogP contribution in [0.3, 0.4) is 0 Å². The molecule has 0 aliphatic rings. The predicted octanol–water partition coefficient (Wildman–Crippen LogP) is 4.44. The van der Waals surface area contributed by atoms with Crippen molar-refractivity contribution in [2.45, 2.75) is 6.92 Å². The Morgan fingerprint density at radius 2 is 1.72 bits per heavy atom. The first-order chi connectivity index (χ1) is 8.41. The van der Waals surface area contributed by atoms with Crippen molar-refractivity contribution >= 4 is 11.6 Å². The van der Waals surface area contributed by atoms with Crippen LogP contribution in [0.15, 0.2) is 24.3 Å². The fraction of sp³-hybridized carbons (Fsp3) is 0.0769. The minimum absolute atomic E-state index is 0.180. The van der Waals surface area contributed by atoms with E-state index in [1.54, 1.807) is 0 Å². The number of hydrogen-bond acceptors (Lipinski definition) is 1. The van der Waals surface area contributed by atoms with E-state index in [4.69, 9.17) is 11.6 Å². The van der Waals surface area contributed by atoms with Gasteiger partial charge in [-0.15, -0.1) is 0 Å². The smallest absolute Gasteiger partial charge is 0.145 e. The maximum atomic E-state index is 13.9. The van der Waals surface area contributed by atoms with E-state index in [0.717, 1.165) is 18.2 Å². The highest BCUT2D eigenvalue weighted by Gasteiger charge is 2.18. The number of aromatic hydroxyl groups is 1. The number of phenolic OH excluding ortho intramolecular Hbond substituents is 1. The highest BCUT2D eigenvalue weighted by molar-refractivity contribution is 6.31. The van der Waals surface area contributed by atoms with Crippen molar-refractivity contribution in [2.75, 3.05) is 0 Å². The van der Waals surface area contributed by atoms with Crippen molar-refractivity contribution < 1.29 is 18.3 Å². The molecule has 0 bridgehead atoms. The number of phenols is 1. The maximum Gasteiger partial charge on any atom is 0.145 e. The third-order valence-electron chi connectivity index (χ3n) is 2.59. The quantitative estimate of drug-likeness (QED) is 0.814. The van der Waals surface area contributed by atoms with Gasteiger partial charge in [-0.25, -0.2) is 13.2 Å². The Morgan fingerprint density at radius 1 is 1.06 bits per heavy atom. The molecule has 2 rings (SSSR count). The number of halogens is 4. The normalized spacial score (nSPS) is 10.7. The Morgan fingerprint density at radius 3 is 2.39 bits per heavy atom. The van der Waals surface area contributed by atoms with Gasteiger partial charge >= 0.3 is 0 Å². The predicted molar refractivity (Wildman–Crippen MR) is 63.2 cm³/mol. The van der Waals surface area contributed by atoms with Gasteiger partial charge in [0, 0.05) is 11.6 Å². The van der Waals surface area contributed by atoms with Gasteiger partial charge in [-0.05, 0) is 24.6 Å². The Labute approximate surface area is 106 Å². The van der Waals surface area contributed by atoms with Gasteiger partial charge in [0.05, 0.1) is 10.6 Å². The molecule has 0 radical (unpaired) electrons. The van der Waals surface area contributed by atoms with Crippen LogP contribution >= 0.6 is 11.6 Å².